The summed E-state index contributed by atoms with van der Waals surface area (Å²) in [5, 5.41) is 16.7. The van der Waals surface area contributed by atoms with Gasteiger partial charge in [-0.1, -0.05) is 65.8 Å². The zero-order valence-corrected chi connectivity index (χ0v) is 18.4. The van der Waals surface area contributed by atoms with E-state index in [1.54, 1.807) is 18.9 Å². The third-order valence-electron chi connectivity index (χ3n) is 5.39. The molecule has 0 aliphatic carbocycles. The average molecular weight is 445 g/mol. The van der Waals surface area contributed by atoms with Crippen LogP contribution in [-0.4, -0.2) is 32.8 Å². The van der Waals surface area contributed by atoms with E-state index >= 15 is 0 Å². The lowest BCUT2D eigenvalue weighted by Gasteiger charge is -2.31. The van der Waals surface area contributed by atoms with E-state index in [9.17, 15) is 14.7 Å². The number of nitrogens with zero attached hydrogens (tertiary/aromatic N) is 4. The van der Waals surface area contributed by atoms with Crippen LogP contribution in [0.1, 0.15) is 33.4 Å². The fourth-order valence-corrected chi connectivity index (χ4v) is 3.67. The van der Waals surface area contributed by atoms with E-state index in [2.05, 4.69) is 15.5 Å². The quantitative estimate of drug-likeness (QED) is 0.468. The summed E-state index contributed by atoms with van der Waals surface area (Å²) in [4.78, 5) is 31.9. The fourth-order valence-electron chi connectivity index (χ4n) is 3.67. The lowest BCUT2D eigenvalue weighted by Crippen LogP contribution is -2.34. The van der Waals surface area contributed by atoms with Crippen LogP contribution in [0.4, 0.5) is 11.6 Å². The van der Waals surface area contributed by atoms with E-state index in [0.717, 1.165) is 11.1 Å². The SMILES string of the molecule is Cc1nocc1NC(=O)c1nc(N(C)C(c2ccccc2)c2ccccc2)n(C)c(=O)c1O. The van der Waals surface area contributed by atoms with Crippen molar-refractivity contribution in [3.63, 3.8) is 0 Å². The molecule has 2 heterocycles. The molecule has 2 N–H and O–H groups in total. The summed E-state index contributed by atoms with van der Waals surface area (Å²) in [6.45, 7) is 1.65. The normalized spacial score (nSPS) is 10.9. The first-order valence-corrected chi connectivity index (χ1v) is 10.2. The van der Waals surface area contributed by atoms with Crippen LogP contribution in [0.5, 0.6) is 5.75 Å². The molecule has 33 heavy (non-hydrogen) atoms. The lowest BCUT2D eigenvalue weighted by molar-refractivity contribution is 0.101. The van der Waals surface area contributed by atoms with Gasteiger partial charge in [-0.15, -0.1) is 0 Å². The van der Waals surface area contributed by atoms with Gasteiger partial charge in [0, 0.05) is 14.1 Å². The smallest absolute Gasteiger partial charge is 0.297 e. The Bertz CT molecular complexity index is 1290. The number of benzene rings is 2. The Morgan fingerprint density at radius 2 is 1.67 bits per heavy atom. The number of hydrogen-bond donors (Lipinski definition) is 2. The second-order valence-electron chi connectivity index (χ2n) is 7.58. The van der Waals surface area contributed by atoms with Gasteiger partial charge in [0.15, 0.2) is 5.69 Å². The second-order valence-corrected chi connectivity index (χ2v) is 7.58. The summed E-state index contributed by atoms with van der Waals surface area (Å²) < 4.78 is 6.04. The van der Waals surface area contributed by atoms with Crippen LogP contribution in [0.2, 0.25) is 0 Å². The van der Waals surface area contributed by atoms with Gasteiger partial charge in [-0.05, 0) is 18.1 Å². The van der Waals surface area contributed by atoms with Crippen molar-refractivity contribution in [3.05, 3.63) is 99.8 Å². The van der Waals surface area contributed by atoms with Crippen molar-refractivity contribution in [2.75, 3.05) is 17.3 Å². The summed E-state index contributed by atoms with van der Waals surface area (Å²) in [7, 11) is 3.29. The maximum Gasteiger partial charge on any atom is 0.297 e. The van der Waals surface area contributed by atoms with Gasteiger partial charge >= 0.3 is 0 Å². The number of rotatable bonds is 6. The topological polar surface area (TPSA) is 113 Å². The van der Waals surface area contributed by atoms with Crippen molar-refractivity contribution in [1.82, 2.24) is 14.7 Å². The highest BCUT2D eigenvalue weighted by Gasteiger charge is 2.27. The van der Waals surface area contributed by atoms with Crippen LogP contribution in [0.25, 0.3) is 0 Å². The maximum absolute atomic E-state index is 12.9. The Kier molecular flexibility index (Phi) is 5.95. The average Bonchev–Trinajstić information content (AvgIpc) is 3.23. The minimum absolute atomic E-state index is 0.211. The van der Waals surface area contributed by atoms with Gasteiger partial charge in [0.1, 0.15) is 17.6 Å². The highest BCUT2D eigenvalue weighted by molar-refractivity contribution is 6.04. The number of anilines is 2. The third-order valence-corrected chi connectivity index (χ3v) is 5.39. The predicted octanol–water partition coefficient (Wildman–Crippen LogP) is 3.26. The van der Waals surface area contributed by atoms with Gasteiger partial charge < -0.3 is 19.8 Å². The van der Waals surface area contributed by atoms with E-state index in [1.165, 1.54) is 17.9 Å². The van der Waals surface area contributed by atoms with Crippen molar-refractivity contribution < 1.29 is 14.4 Å². The third kappa shape index (κ3) is 4.20. The van der Waals surface area contributed by atoms with Crippen LogP contribution in [0.15, 0.2) is 76.2 Å². The minimum Gasteiger partial charge on any atom is -0.501 e. The molecule has 0 unspecified atom stereocenters. The molecule has 9 nitrogen and oxygen atoms in total. The Labute approximate surface area is 189 Å². The Balaban J connectivity index is 1.80. The zero-order chi connectivity index (χ0) is 23.5. The summed E-state index contributed by atoms with van der Waals surface area (Å²) in [6, 6.07) is 19.2. The molecule has 1 amide bonds. The van der Waals surface area contributed by atoms with E-state index in [-0.39, 0.29) is 17.7 Å². The number of hydrogen-bond acceptors (Lipinski definition) is 7. The molecule has 0 aliphatic rings. The first-order valence-electron chi connectivity index (χ1n) is 10.2. The zero-order valence-electron chi connectivity index (χ0n) is 18.4. The number of carbonyl (C=O) groups excluding carboxylic acids is 1. The highest BCUT2D eigenvalue weighted by Crippen LogP contribution is 2.31. The van der Waals surface area contributed by atoms with Gasteiger partial charge in [0.2, 0.25) is 11.7 Å². The van der Waals surface area contributed by atoms with Crippen molar-refractivity contribution in [1.29, 1.82) is 0 Å². The van der Waals surface area contributed by atoms with Crippen LogP contribution in [0, 0.1) is 6.92 Å². The summed E-state index contributed by atoms with van der Waals surface area (Å²) in [6.07, 6.45) is 1.26. The molecule has 2 aromatic carbocycles. The molecule has 4 rings (SSSR count). The van der Waals surface area contributed by atoms with Gasteiger partial charge in [-0.25, -0.2) is 4.98 Å². The van der Waals surface area contributed by atoms with Crippen LogP contribution in [0.3, 0.4) is 0 Å². The lowest BCUT2D eigenvalue weighted by atomic mass is 9.97. The van der Waals surface area contributed by atoms with E-state index in [0.29, 0.717) is 11.4 Å². The maximum atomic E-state index is 12.9. The molecule has 0 bridgehead atoms. The molecule has 4 aromatic rings. The van der Waals surface area contributed by atoms with E-state index in [4.69, 9.17) is 4.52 Å². The molecule has 0 saturated carbocycles. The van der Waals surface area contributed by atoms with Crippen LogP contribution in [-0.2, 0) is 7.05 Å². The van der Waals surface area contributed by atoms with Gasteiger partial charge in [-0.3, -0.25) is 14.2 Å². The van der Waals surface area contributed by atoms with Crippen molar-refractivity contribution in [2.24, 2.45) is 7.05 Å². The van der Waals surface area contributed by atoms with Gasteiger partial charge in [-0.2, -0.15) is 0 Å². The molecular weight excluding hydrogens is 422 g/mol. The molecule has 0 spiro atoms. The number of aryl methyl sites for hydroxylation is 1. The Morgan fingerprint density at radius 1 is 1.09 bits per heavy atom. The predicted molar refractivity (Wildman–Crippen MR) is 123 cm³/mol. The van der Waals surface area contributed by atoms with Crippen molar-refractivity contribution in [2.45, 2.75) is 13.0 Å². The van der Waals surface area contributed by atoms with Crippen LogP contribution >= 0.6 is 0 Å². The number of aromatic hydroxyl groups is 1. The number of carbonyl (C=O) groups is 1. The fraction of sp³-hybridized carbons (Fsp3) is 0.167. The Morgan fingerprint density at radius 3 is 2.18 bits per heavy atom. The molecule has 0 atom stereocenters. The highest BCUT2D eigenvalue weighted by atomic mass is 16.5. The largest absolute Gasteiger partial charge is 0.501 e. The first kappa shape index (κ1) is 21.8. The number of aromatic nitrogens is 3. The summed E-state index contributed by atoms with van der Waals surface area (Å²) >= 11 is 0. The van der Waals surface area contributed by atoms with E-state index < -0.39 is 17.2 Å². The molecule has 9 heteroatoms. The molecule has 0 saturated heterocycles. The first-order chi connectivity index (χ1) is 15.9. The standard InChI is InChI=1S/C24H23N5O4/c1-15-18(14-33-27-15)25-22(31)19-21(30)23(32)29(3)24(26-19)28(2)20(16-10-6-4-7-11-16)17-12-8-5-9-13-17/h4-14,20,30H,1-3H3,(H,25,31). The molecule has 2 aromatic heterocycles. The second kappa shape index (κ2) is 8.99. The van der Waals surface area contributed by atoms with Crippen molar-refractivity contribution in [3.8, 4) is 5.75 Å². The summed E-state index contributed by atoms with van der Waals surface area (Å²) in [5.41, 5.74) is 1.60. The molecular formula is C24H23N5O4. The van der Waals surface area contributed by atoms with E-state index in [1.807, 2.05) is 60.7 Å². The van der Waals surface area contributed by atoms with Crippen molar-refractivity contribution >= 4 is 17.5 Å². The van der Waals surface area contributed by atoms with Gasteiger partial charge in [0.25, 0.3) is 11.5 Å². The van der Waals surface area contributed by atoms with Gasteiger partial charge in [0.05, 0.1) is 6.04 Å². The molecule has 0 radical (unpaired) electrons. The molecule has 168 valence electrons. The summed E-state index contributed by atoms with van der Waals surface area (Å²) in [5.74, 6) is -1.28. The number of amides is 1. The molecule has 0 aliphatic heterocycles. The molecule has 0 fully saturated rings. The monoisotopic (exact) mass is 445 g/mol. The number of nitrogens with one attached hydrogen (secondary N) is 1. The minimum atomic E-state index is -0.748. The Hall–Kier alpha value is -4.40. The van der Waals surface area contributed by atoms with Crippen LogP contribution < -0.4 is 15.8 Å².